The maximum absolute atomic E-state index is 6.04. The van der Waals surface area contributed by atoms with E-state index in [2.05, 4.69) is 4.99 Å². The highest BCUT2D eigenvalue weighted by Gasteiger charge is 2.11. The van der Waals surface area contributed by atoms with Gasteiger partial charge in [0.25, 0.3) is 0 Å². The molecule has 6 nitrogen and oxygen atoms in total. The third-order valence-electron chi connectivity index (χ3n) is 4.26. The number of nitrogens with zero attached hydrogens (tertiary/aromatic N) is 3. The van der Waals surface area contributed by atoms with Crippen molar-refractivity contribution in [3.63, 3.8) is 0 Å². The SMILES string of the molecule is COCCN=c1scc(-c2ccc(Cl)cc2)n1/N=C/c1ccc2c(c1)OCCO2. The predicted octanol–water partition coefficient (Wildman–Crippen LogP) is 4.07. The van der Waals surface area contributed by atoms with E-state index < -0.39 is 0 Å². The minimum atomic E-state index is 0.552. The molecule has 2 aromatic carbocycles. The topological polar surface area (TPSA) is 57.3 Å². The van der Waals surface area contributed by atoms with E-state index in [1.807, 2.05) is 52.5 Å². The average Bonchev–Trinajstić information content (AvgIpc) is 3.15. The Labute approximate surface area is 177 Å². The summed E-state index contributed by atoms with van der Waals surface area (Å²) in [7, 11) is 1.66. The first-order chi connectivity index (χ1) is 14.2. The molecule has 1 aliphatic rings. The highest BCUT2D eigenvalue weighted by molar-refractivity contribution is 7.07. The van der Waals surface area contributed by atoms with Gasteiger partial charge in [-0.25, -0.2) is 4.68 Å². The molecule has 1 aromatic heterocycles. The van der Waals surface area contributed by atoms with Crippen LogP contribution in [-0.2, 0) is 4.74 Å². The van der Waals surface area contributed by atoms with Gasteiger partial charge in [0.1, 0.15) is 13.2 Å². The van der Waals surface area contributed by atoms with Crippen LogP contribution in [0.5, 0.6) is 11.5 Å². The zero-order chi connectivity index (χ0) is 20.1. The first-order valence-corrected chi connectivity index (χ1v) is 10.4. The number of thiazole rings is 1. The highest BCUT2D eigenvalue weighted by atomic mass is 35.5. The lowest BCUT2D eigenvalue weighted by molar-refractivity contribution is 0.171. The second kappa shape index (κ2) is 9.26. The fourth-order valence-electron chi connectivity index (χ4n) is 2.84. The Balaban J connectivity index is 1.70. The monoisotopic (exact) mass is 429 g/mol. The average molecular weight is 430 g/mol. The minimum Gasteiger partial charge on any atom is -0.486 e. The molecular weight excluding hydrogens is 410 g/mol. The Bertz CT molecular complexity index is 1070. The molecule has 0 saturated carbocycles. The van der Waals surface area contributed by atoms with E-state index in [1.165, 1.54) is 11.3 Å². The zero-order valence-corrected chi connectivity index (χ0v) is 17.4. The number of halogens is 1. The normalized spacial score (nSPS) is 13.9. The number of methoxy groups -OCH3 is 1. The van der Waals surface area contributed by atoms with Gasteiger partial charge in [0.2, 0.25) is 4.80 Å². The summed E-state index contributed by atoms with van der Waals surface area (Å²) in [6.45, 7) is 2.24. The van der Waals surface area contributed by atoms with Crippen molar-refractivity contribution in [2.24, 2.45) is 10.1 Å². The lowest BCUT2D eigenvalue weighted by Crippen LogP contribution is -2.15. The fourth-order valence-corrected chi connectivity index (χ4v) is 3.83. The van der Waals surface area contributed by atoms with Crippen LogP contribution in [0.15, 0.2) is 57.9 Å². The maximum atomic E-state index is 6.04. The smallest absolute Gasteiger partial charge is 0.206 e. The van der Waals surface area contributed by atoms with Crippen molar-refractivity contribution in [2.45, 2.75) is 0 Å². The Morgan fingerprint density at radius 1 is 1.14 bits per heavy atom. The molecule has 0 N–H and O–H groups in total. The standard InChI is InChI=1S/C21H20ClN3O3S/c1-26-9-8-23-21-25(18(14-29-21)16-3-5-17(22)6-4-16)24-13-15-2-7-19-20(12-15)28-11-10-27-19/h2-7,12-14H,8-11H2,1H3/b23-21?,24-13+. The van der Waals surface area contributed by atoms with Crippen molar-refractivity contribution in [1.82, 2.24) is 4.68 Å². The fraction of sp³-hybridized carbons (Fsp3) is 0.238. The predicted molar refractivity (Wildman–Crippen MR) is 115 cm³/mol. The molecule has 4 rings (SSSR count). The molecule has 0 aliphatic carbocycles. The second-order valence-electron chi connectivity index (χ2n) is 6.24. The molecule has 0 fully saturated rings. The molecule has 8 heteroatoms. The summed E-state index contributed by atoms with van der Waals surface area (Å²) in [5.74, 6) is 1.49. The molecule has 0 amide bonds. The van der Waals surface area contributed by atoms with Crippen LogP contribution in [0.1, 0.15) is 5.56 Å². The first-order valence-electron chi connectivity index (χ1n) is 9.14. The van der Waals surface area contributed by atoms with Crippen LogP contribution >= 0.6 is 22.9 Å². The van der Waals surface area contributed by atoms with Gasteiger partial charge in [0.05, 0.1) is 25.1 Å². The molecule has 0 unspecified atom stereocenters. The molecule has 0 radical (unpaired) electrons. The van der Waals surface area contributed by atoms with E-state index >= 15 is 0 Å². The Morgan fingerprint density at radius 2 is 1.93 bits per heavy atom. The van der Waals surface area contributed by atoms with Crippen LogP contribution in [-0.4, -0.2) is 44.4 Å². The molecule has 3 aromatic rings. The lowest BCUT2D eigenvalue weighted by atomic mass is 10.2. The molecule has 0 spiro atoms. The zero-order valence-electron chi connectivity index (χ0n) is 15.9. The lowest BCUT2D eigenvalue weighted by Gasteiger charge is -2.18. The third-order valence-corrected chi connectivity index (χ3v) is 5.36. The largest absolute Gasteiger partial charge is 0.486 e. The van der Waals surface area contributed by atoms with Crippen molar-refractivity contribution >= 4 is 29.2 Å². The maximum Gasteiger partial charge on any atom is 0.206 e. The van der Waals surface area contributed by atoms with Gasteiger partial charge in [-0.2, -0.15) is 5.10 Å². The molecule has 0 atom stereocenters. The van der Waals surface area contributed by atoms with Crippen LogP contribution in [0.3, 0.4) is 0 Å². The van der Waals surface area contributed by atoms with Crippen LogP contribution in [0.2, 0.25) is 5.02 Å². The summed E-state index contributed by atoms with van der Waals surface area (Å²) < 4.78 is 18.2. The van der Waals surface area contributed by atoms with Gasteiger partial charge in [0.15, 0.2) is 11.5 Å². The van der Waals surface area contributed by atoms with Gasteiger partial charge >= 0.3 is 0 Å². The van der Waals surface area contributed by atoms with Gasteiger partial charge < -0.3 is 14.2 Å². The van der Waals surface area contributed by atoms with Gasteiger partial charge in [-0.15, -0.1) is 11.3 Å². The van der Waals surface area contributed by atoms with Crippen LogP contribution in [0, 0.1) is 0 Å². The molecule has 1 aliphatic heterocycles. The summed E-state index contributed by atoms with van der Waals surface area (Å²) in [4.78, 5) is 5.41. The highest BCUT2D eigenvalue weighted by Crippen LogP contribution is 2.30. The molecule has 2 heterocycles. The number of benzene rings is 2. The molecule has 0 bridgehead atoms. The van der Waals surface area contributed by atoms with Crippen molar-refractivity contribution in [3.8, 4) is 22.8 Å². The van der Waals surface area contributed by atoms with E-state index in [0.29, 0.717) is 31.4 Å². The number of ether oxygens (including phenoxy) is 3. The van der Waals surface area contributed by atoms with E-state index in [1.54, 1.807) is 13.3 Å². The minimum absolute atomic E-state index is 0.552. The summed E-state index contributed by atoms with van der Waals surface area (Å²) in [5.41, 5.74) is 2.87. The van der Waals surface area contributed by atoms with E-state index in [4.69, 9.17) is 30.9 Å². The number of hydrogen-bond acceptors (Lipinski definition) is 6. The van der Waals surface area contributed by atoms with E-state index in [-0.39, 0.29) is 0 Å². The third kappa shape index (κ3) is 4.70. The molecule has 29 heavy (non-hydrogen) atoms. The van der Waals surface area contributed by atoms with Gasteiger partial charge in [-0.1, -0.05) is 23.7 Å². The quantitative estimate of drug-likeness (QED) is 0.438. The Hall–Kier alpha value is -2.61. The number of aromatic nitrogens is 1. The van der Waals surface area contributed by atoms with Crippen molar-refractivity contribution in [1.29, 1.82) is 0 Å². The van der Waals surface area contributed by atoms with Gasteiger partial charge in [-0.05, 0) is 35.9 Å². The van der Waals surface area contributed by atoms with Gasteiger partial charge in [0, 0.05) is 23.1 Å². The summed E-state index contributed by atoms with van der Waals surface area (Å²) >= 11 is 7.57. The molecular formula is C21H20ClN3O3S. The summed E-state index contributed by atoms with van der Waals surface area (Å²) in [6.07, 6.45) is 1.79. The molecule has 0 saturated heterocycles. The number of hydrogen-bond donors (Lipinski definition) is 0. The summed E-state index contributed by atoms with van der Waals surface area (Å²) in [6, 6.07) is 13.5. The van der Waals surface area contributed by atoms with E-state index in [9.17, 15) is 0 Å². The van der Waals surface area contributed by atoms with Gasteiger partial charge in [-0.3, -0.25) is 4.99 Å². The second-order valence-corrected chi connectivity index (χ2v) is 7.52. The van der Waals surface area contributed by atoms with Crippen molar-refractivity contribution in [3.05, 3.63) is 63.2 Å². The van der Waals surface area contributed by atoms with Crippen molar-refractivity contribution in [2.75, 3.05) is 33.5 Å². The Kier molecular flexibility index (Phi) is 6.29. The summed E-state index contributed by atoms with van der Waals surface area (Å²) in [5, 5.41) is 7.43. The molecule has 150 valence electrons. The van der Waals surface area contributed by atoms with E-state index in [0.717, 1.165) is 33.1 Å². The first kappa shape index (κ1) is 19.7. The number of fused-ring (bicyclic) bond motifs is 1. The van der Waals surface area contributed by atoms with Crippen LogP contribution in [0.4, 0.5) is 0 Å². The van der Waals surface area contributed by atoms with Crippen molar-refractivity contribution < 1.29 is 14.2 Å². The van der Waals surface area contributed by atoms with Crippen LogP contribution < -0.4 is 14.3 Å². The Morgan fingerprint density at radius 3 is 2.72 bits per heavy atom. The number of rotatable bonds is 6. The van der Waals surface area contributed by atoms with Crippen LogP contribution in [0.25, 0.3) is 11.3 Å².